The molecule has 2 N–H and O–H groups in total. The van der Waals surface area contributed by atoms with Gasteiger partial charge in [-0.25, -0.2) is 4.98 Å². The minimum Gasteiger partial charge on any atom is -0.328 e. The minimum atomic E-state index is -0.201. The summed E-state index contributed by atoms with van der Waals surface area (Å²) < 4.78 is 1.13. The van der Waals surface area contributed by atoms with Crippen LogP contribution >= 0.6 is 23.6 Å². The number of nitrogens with one attached hydrogen (secondary N) is 2. The third-order valence-electron chi connectivity index (χ3n) is 2.39. The van der Waals surface area contributed by atoms with Gasteiger partial charge >= 0.3 is 0 Å². The molecule has 0 saturated carbocycles. The van der Waals surface area contributed by atoms with E-state index in [-0.39, 0.29) is 5.91 Å². The minimum absolute atomic E-state index is 0.201. The third-order valence-corrected chi connectivity index (χ3v) is 3.40. The molecule has 0 aliphatic carbocycles. The Morgan fingerprint density at radius 3 is 3.00 bits per heavy atom. The van der Waals surface area contributed by atoms with Crippen LogP contribution in [0.2, 0.25) is 0 Å². The molecule has 2 aromatic rings. The Bertz CT molecular complexity index is 660. The molecule has 1 saturated heterocycles. The number of rotatable bonds is 1. The lowest BCUT2D eigenvalue weighted by Crippen LogP contribution is -2.21. The standard InChI is InChI=1S/C11H7N3OS2/c15-10-8(13-11(16)14-10)4-6-1-2-9-7(3-6)12-5-17-9/h1-5H,(H2,13,14,15,16)/b8-4-. The van der Waals surface area contributed by atoms with Gasteiger partial charge < -0.3 is 5.32 Å². The van der Waals surface area contributed by atoms with Gasteiger partial charge in [-0.3, -0.25) is 10.1 Å². The number of nitrogens with zero attached hydrogens (tertiary/aromatic N) is 1. The van der Waals surface area contributed by atoms with Gasteiger partial charge in [0, 0.05) is 0 Å². The molecule has 1 aliphatic heterocycles. The van der Waals surface area contributed by atoms with Gasteiger partial charge in [0.1, 0.15) is 5.70 Å². The average Bonchev–Trinajstić information content (AvgIpc) is 2.85. The second-order valence-electron chi connectivity index (χ2n) is 3.55. The van der Waals surface area contributed by atoms with Crippen molar-refractivity contribution in [1.82, 2.24) is 15.6 Å². The van der Waals surface area contributed by atoms with E-state index in [0.717, 1.165) is 15.8 Å². The van der Waals surface area contributed by atoms with Crippen molar-refractivity contribution in [2.45, 2.75) is 0 Å². The van der Waals surface area contributed by atoms with Crippen LogP contribution in [0.4, 0.5) is 0 Å². The molecule has 3 rings (SSSR count). The second kappa shape index (κ2) is 3.90. The van der Waals surface area contributed by atoms with Gasteiger partial charge in [-0.15, -0.1) is 11.3 Å². The number of benzene rings is 1. The number of hydrogen-bond donors (Lipinski definition) is 2. The Labute approximate surface area is 106 Å². The van der Waals surface area contributed by atoms with Gasteiger partial charge in [0.25, 0.3) is 5.91 Å². The summed E-state index contributed by atoms with van der Waals surface area (Å²) in [5, 5.41) is 5.67. The Balaban J connectivity index is 2.01. The number of carbonyl (C=O) groups is 1. The second-order valence-corrected chi connectivity index (χ2v) is 4.84. The van der Waals surface area contributed by atoms with Crippen LogP contribution in [-0.4, -0.2) is 16.0 Å². The fourth-order valence-corrected chi connectivity index (χ4v) is 2.48. The molecule has 0 radical (unpaired) electrons. The SMILES string of the molecule is O=C1NC(=S)N/C1=C\c1ccc2scnc2c1. The Morgan fingerprint density at radius 1 is 1.35 bits per heavy atom. The maximum absolute atomic E-state index is 11.5. The van der Waals surface area contributed by atoms with Crippen molar-refractivity contribution in [2.75, 3.05) is 0 Å². The topological polar surface area (TPSA) is 54.0 Å². The molecule has 0 bridgehead atoms. The van der Waals surface area contributed by atoms with E-state index in [1.807, 2.05) is 18.2 Å². The van der Waals surface area contributed by atoms with Crippen molar-refractivity contribution < 1.29 is 4.79 Å². The number of thiocarbonyl (C=S) groups is 1. The van der Waals surface area contributed by atoms with Crippen LogP contribution in [0.3, 0.4) is 0 Å². The molecule has 0 spiro atoms. The number of aromatic nitrogens is 1. The molecule has 4 nitrogen and oxygen atoms in total. The maximum atomic E-state index is 11.5. The Morgan fingerprint density at radius 2 is 2.24 bits per heavy atom. The maximum Gasteiger partial charge on any atom is 0.273 e. The van der Waals surface area contributed by atoms with Crippen LogP contribution in [0.1, 0.15) is 5.56 Å². The molecule has 1 aliphatic rings. The largest absolute Gasteiger partial charge is 0.328 e. The van der Waals surface area contributed by atoms with Crippen molar-refractivity contribution >= 4 is 50.9 Å². The van der Waals surface area contributed by atoms with Crippen molar-refractivity contribution in [3.63, 3.8) is 0 Å². The molecule has 84 valence electrons. The Kier molecular flexibility index (Phi) is 2.38. The molecular formula is C11H7N3OS2. The fourth-order valence-electron chi connectivity index (χ4n) is 1.61. The van der Waals surface area contributed by atoms with Crippen LogP contribution in [0.5, 0.6) is 0 Å². The predicted molar refractivity (Wildman–Crippen MR) is 71.5 cm³/mol. The molecule has 1 fully saturated rings. The summed E-state index contributed by atoms with van der Waals surface area (Å²) in [7, 11) is 0. The summed E-state index contributed by atoms with van der Waals surface area (Å²) in [6, 6.07) is 5.88. The third kappa shape index (κ3) is 1.92. The lowest BCUT2D eigenvalue weighted by Gasteiger charge is -1.96. The van der Waals surface area contributed by atoms with Crippen LogP contribution in [0, 0.1) is 0 Å². The highest BCUT2D eigenvalue weighted by Crippen LogP contribution is 2.20. The quantitative estimate of drug-likeness (QED) is 0.605. The molecule has 0 unspecified atom stereocenters. The van der Waals surface area contributed by atoms with Gasteiger partial charge in [0.15, 0.2) is 5.11 Å². The van der Waals surface area contributed by atoms with Crippen LogP contribution in [-0.2, 0) is 4.79 Å². The molecule has 0 atom stereocenters. The normalized spacial score (nSPS) is 17.5. The number of fused-ring (bicyclic) bond motifs is 1. The van der Waals surface area contributed by atoms with E-state index in [0.29, 0.717) is 10.8 Å². The first-order valence-electron chi connectivity index (χ1n) is 4.90. The summed E-state index contributed by atoms with van der Waals surface area (Å²) in [4.78, 5) is 15.7. The Hall–Kier alpha value is -1.79. The number of hydrogen-bond acceptors (Lipinski definition) is 4. The molecular weight excluding hydrogens is 254 g/mol. The molecule has 6 heteroatoms. The van der Waals surface area contributed by atoms with Crippen LogP contribution < -0.4 is 10.6 Å². The summed E-state index contributed by atoms with van der Waals surface area (Å²) in [5.74, 6) is -0.201. The van der Waals surface area contributed by atoms with Crippen LogP contribution in [0.25, 0.3) is 16.3 Å². The monoisotopic (exact) mass is 261 g/mol. The number of amides is 1. The lowest BCUT2D eigenvalue weighted by atomic mass is 10.2. The van der Waals surface area contributed by atoms with Crippen molar-refractivity contribution in [1.29, 1.82) is 0 Å². The summed E-state index contributed by atoms with van der Waals surface area (Å²) in [5.41, 5.74) is 4.12. The number of carbonyl (C=O) groups excluding carboxylic acids is 1. The van der Waals surface area contributed by atoms with Gasteiger partial charge in [-0.2, -0.15) is 0 Å². The van der Waals surface area contributed by atoms with Gasteiger partial charge in [0.05, 0.1) is 15.7 Å². The van der Waals surface area contributed by atoms with Crippen molar-refractivity contribution in [3.8, 4) is 0 Å². The van der Waals surface area contributed by atoms with Crippen molar-refractivity contribution in [3.05, 3.63) is 35.0 Å². The molecule has 1 aromatic carbocycles. The first-order chi connectivity index (χ1) is 8.22. The van der Waals surface area contributed by atoms with E-state index >= 15 is 0 Å². The van der Waals surface area contributed by atoms with E-state index in [1.165, 1.54) is 0 Å². The smallest absolute Gasteiger partial charge is 0.273 e. The average molecular weight is 261 g/mol. The molecule has 1 amide bonds. The zero-order valence-corrected chi connectivity index (χ0v) is 10.2. The van der Waals surface area contributed by atoms with E-state index < -0.39 is 0 Å². The first-order valence-corrected chi connectivity index (χ1v) is 6.18. The van der Waals surface area contributed by atoms with Gasteiger partial charge in [-0.05, 0) is 36.0 Å². The number of thiazole rings is 1. The van der Waals surface area contributed by atoms with E-state index in [4.69, 9.17) is 12.2 Å². The van der Waals surface area contributed by atoms with E-state index in [1.54, 1.807) is 22.9 Å². The van der Waals surface area contributed by atoms with Gasteiger partial charge in [-0.1, -0.05) is 6.07 Å². The first kappa shape index (κ1) is 10.4. The van der Waals surface area contributed by atoms with E-state index in [9.17, 15) is 4.79 Å². The summed E-state index contributed by atoms with van der Waals surface area (Å²) >= 11 is 6.45. The highest BCUT2D eigenvalue weighted by Gasteiger charge is 2.19. The summed E-state index contributed by atoms with van der Waals surface area (Å²) in [6.07, 6.45) is 1.76. The molecule has 17 heavy (non-hydrogen) atoms. The zero-order valence-electron chi connectivity index (χ0n) is 8.56. The predicted octanol–water partition coefficient (Wildman–Crippen LogP) is 1.64. The molecule has 2 heterocycles. The summed E-state index contributed by atoms with van der Waals surface area (Å²) in [6.45, 7) is 0. The van der Waals surface area contributed by atoms with E-state index in [2.05, 4.69) is 15.6 Å². The van der Waals surface area contributed by atoms with Crippen LogP contribution in [0.15, 0.2) is 29.4 Å². The van der Waals surface area contributed by atoms with Crippen molar-refractivity contribution in [2.24, 2.45) is 0 Å². The zero-order chi connectivity index (χ0) is 11.8. The fraction of sp³-hybridized carbons (Fsp3) is 0. The highest BCUT2D eigenvalue weighted by molar-refractivity contribution is 7.80. The molecule has 1 aromatic heterocycles. The van der Waals surface area contributed by atoms with Gasteiger partial charge in [0.2, 0.25) is 0 Å². The highest BCUT2D eigenvalue weighted by atomic mass is 32.1. The lowest BCUT2D eigenvalue weighted by molar-refractivity contribution is -0.115.